The number of carbonyl (C=O) groups is 1. The Morgan fingerprint density at radius 1 is 1.33 bits per heavy atom. The first kappa shape index (κ1) is 17.0. The van der Waals surface area contributed by atoms with Crippen LogP contribution in [0.5, 0.6) is 0 Å². The maximum absolute atomic E-state index is 12.5. The lowest BCUT2D eigenvalue weighted by Gasteiger charge is -2.20. The Hall–Kier alpha value is -1.86. The summed E-state index contributed by atoms with van der Waals surface area (Å²) >= 11 is 1.35. The van der Waals surface area contributed by atoms with Gasteiger partial charge in [-0.2, -0.15) is 0 Å². The maximum Gasteiger partial charge on any atom is 0.263 e. The van der Waals surface area contributed by atoms with Crippen LogP contribution in [0.25, 0.3) is 10.8 Å². The Morgan fingerprint density at radius 2 is 2.04 bits per heavy atom. The van der Waals surface area contributed by atoms with Crippen molar-refractivity contribution in [3.63, 3.8) is 0 Å². The molecule has 1 aliphatic rings. The quantitative estimate of drug-likeness (QED) is 0.870. The van der Waals surface area contributed by atoms with Gasteiger partial charge >= 0.3 is 0 Å². The zero-order chi connectivity index (χ0) is 16.9. The third-order valence-electron chi connectivity index (χ3n) is 4.14. The fourth-order valence-electron chi connectivity index (χ4n) is 2.93. The fourth-order valence-corrected chi connectivity index (χ4v) is 3.86. The Balaban J connectivity index is 1.58. The Morgan fingerprint density at radius 3 is 2.75 bits per heavy atom. The molecule has 3 heterocycles. The van der Waals surface area contributed by atoms with Gasteiger partial charge in [0.05, 0.1) is 5.69 Å². The molecule has 1 fully saturated rings. The second kappa shape index (κ2) is 7.81. The molecule has 0 aromatic carbocycles. The molecule has 0 spiro atoms. The molecule has 6 nitrogen and oxygen atoms in total. The van der Waals surface area contributed by atoms with Crippen molar-refractivity contribution in [2.24, 2.45) is 5.92 Å². The summed E-state index contributed by atoms with van der Waals surface area (Å²) in [5.74, 6) is 0.949. The van der Waals surface area contributed by atoms with Gasteiger partial charge in [-0.15, -0.1) is 11.3 Å². The van der Waals surface area contributed by atoms with Gasteiger partial charge in [0.25, 0.3) is 5.91 Å². The summed E-state index contributed by atoms with van der Waals surface area (Å²) in [7, 11) is 0. The van der Waals surface area contributed by atoms with Crippen LogP contribution in [-0.4, -0.2) is 51.9 Å². The molecular weight excluding hydrogens is 322 g/mol. The molecule has 0 saturated carbocycles. The van der Waals surface area contributed by atoms with Crippen LogP contribution < -0.4 is 5.32 Å². The van der Waals surface area contributed by atoms with E-state index in [1.54, 1.807) is 18.5 Å². The lowest BCUT2D eigenvalue weighted by Crippen LogP contribution is -2.34. The Kier molecular flexibility index (Phi) is 5.52. The number of hydrogen-bond acceptors (Lipinski definition) is 6. The highest BCUT2D eigenvalue weighted by Gasteiger charge is 2.19. The zero-order valence-corrected chi connectivity index (χ0v) is 15.0. The van der Waals surface area contributed by atoms with E-state index in [9.17, 15) is 4.79 Å². The maximum atomic E-state index is 12.5. The highest BCUT2D eigenvalue weighted by Crippen LogP contribution is 2.25. The number of carbonyl (C=O) groups excluding carboxylic acids is 1. The molecule has 0 unspecified atom stereocenters. The van der Waals surface area contributed by atoms with E-state index in [1.807, 2.05) is 6.92 Å². The van der Waals surface area contributed by atoms with Crippen LogP contribution >= 0.6 is 11.3 Å². The largest absolute Gasteiger partial charge is 0.351 e. The lowest BCUT2D eigenvalue weighted by molar-refractivity contribution is 0.0948. The van der Waals surface area contributed by atoms with Crippen LogP contribution in [0, 0.1) is 12.8 Å². The summed E-state index contributed by atoms with van der Waals surface area (Å²) in [6.45, 7) is 8.14. The van der Waals surface area contributed by atoms with Gasteiger partial charge in [0, 0.05) is 25.5 Å². The Bertz CT molecular complexity index is 682. The van der Waals surface area contributed by atoms with Crippen LogP contribution in [-0.2, 0) is 0 Å². The highest BCUT2D eigenvalue weighted by molar-refractivity contribution is 7.17. The van der Waals surface area contributed by atoms with Crippen molar-refractivity contribution in [1.82, 2.24) is 25.2 Å². The van der Waals surface area contributed by atoms with Crippen LogP contribution in [0.1, 0.15) is 35.1 Å². The van der Waals surface area contributed by atoms with E-state index in [-0.39, 0.29) is 5.91 Å². The van der Waals surface area contributed by atoms with Crippen LogP contribution in [0.15, 0.2) is 18.5 Å². The summed E-state index contributed by atoms with van der Waals surface area (Å²) in [6, 6.07) is 1.76. The number of amides is 1. The van der Waals surface area contributed by atoms with Crippen molar-refractivity contribution in [2.45, 2.75) is 26.7 Å². The predicted molar refractivity (Wildman–Crippen MR) is 95.0 cm³/mol. The number of hydrogen-bond donors (Lipinski definition) is 1. The third kappa shape index (κ3) is 4.15. The second-order valence-corrected chi connectivity index (χ2v) is 7.33. The van der Waals surface area contributed by atoms with Gasteiger partial charge in [-0.1, -0.05) is 6.92 Å². The first-order valence-electron chi connectivity index (χ1n) is 8.39. The smallest absolute Gasteiger partial charge is 0.263 e. The minimum atomic E-state index is -0.0551. The summed E-state index contributed by atoms with van der Waals surface area (Å²) in [6.07, 6.45) is 5.95. The molecule has 1 N–H and O–H groups in total. The second-order valence-electron chi connectivity index (χ2n) is 6.33. The van der Waals surface area contributed by atoms with E-state index >= 15 is 0 Å². The minimum Gasteiger partial charge on any atom is -0.351 e. The molecule has 24 heavy (non-hydrogen) atoms. The van der Waals surface area contributed by atoms with Crippen molar-refractivity contribution in [3.8, 4) is 10.8 Å². The van der Waals surface area contributed by atoms with E-state index in [0.29, 0.717) is 28.2 Å². The molecule has 1 saturated heterocycles. The first-order valence-corrected chi connectivity index (χ1v) is 9.20. The molecule has 3 rings (SSSR count). The van der Waals surface area contributed by atoms with Gasteiger partial charge in [0.2, 0.25) is 0 Å². The van der Waals surface area contributed by atoms with E-state index < -0.39 is 0 Å². The topological polar surface area (TPSA) is 71.0 Å². The molecule has 2 aromatic heterocycles. The number of aromatic nitrogens is 3. The summed E-state index contributed by atoms with van der Waals surface area (Å²) in [5, 5.41) is 3.73. The minimum absolute atomic E-state index is 0.0551. The molecule has 7 heteroatoms. The highest BCUT2D eigenvalue weighted by atomic mass is 32.1. The van der Waals surface area contributed by atoms with Crippen molar-refractivity contribution < 1.29 is 4.79 Å². The molecule has 0 bridgehead atoms. The van der Waals surface area contributed by atoms with E-state index in [1.165, 1.54) is 37.3 Å². The van der Waals surface area contributed by atoms with Crippen molar-refractivity contribution in [1.29, 1.82) is 0 Å². The zero-order valence-electron chi connectivity index (χ0n) is 14.2. The fraction of sp³-hybridized carbons (Fsp3) is 0.529. The Labute approximate surface area is 146 Å². The number of thiazole rings is 1. The number of nitrogens with one attached hydrogen (secondary N) is 1. The van der Waals surface area contributed by atoms with Crippen LogP contribution in [0.3, 0.4) is 0 Å². The standard InChI is InChI=1S/C17H23N5OS/c1-12(11-22-8-3-4-9-22)10-20-16(23)14-13(2)21-17(24-14)15-18-6-5-7-19-15/h5-7,12H,3-4,8-11H2,1-2H3,(H,20,23)/t12-/m1/s1. The molecule has 128 valence electrons. The number of likely N-dealkylation sites (tertiary alicyclic amines) is 1. The van der Waals surface area contributed by atoms with Gasteiger partial charge in [-0.25, -0.2) is 15.0 Å². The van der Waals surface area contributed by atoms with Gasteiger partial charge < -0.3 is 10.2 Å². The normalized spacial score (nSPS) is 16.2. The summed E-state index contributed by atoms with van der Waals surface area (Å²) < 4.78 is 0. The van der Waals surface area contributed by atoms with Crippen molar-refractivity contribution >= 4 is 17.2 Å². The molecule has 1 amide bonds. The number of rotatable bonds is 6. The van der Waals surface area contributed by atoms with Crippen LogP contribution in [0.4, 0.5) is 0 Å². The number of aryl methyl sites for hydroxylation is 1. The molecule has 1 atom stereocenters. The van der Waals surface area contributed by atoms with Crippen molar-refractivity contribution in [2.75, 3.05) is 26.2 Å². The lowest BCUT2D eigenvalue weighted by atomic mass is 10.1. The van der Waals surface area contributed by atoms with Gasteiger partial charge in [-0.05, 0) is 44.8 Å². The SMILES string of the molecule is Cc1nc(-c2ncccn2)sc1C(=O)NC[C@@H](C)CN1CCCC1. The monoisotopic (exact) mass is 345 g/mol. The average Bonchev–Trinajstić information content (AvgIpc) is 3.23. The van der Waals surface area contributed by atoms with E-state index in [2.05, 4.69) is 32.1 Å². The van der Waals surface area contributed by atoms with E-state index in [4.69, 9.17) is 0 Å². The molecule has 0 aliphatic carbocycles. The summed E-state index contributed by atoms with van der Waals surface area (Å²) in [5.41, 5.74) is 0.729. The molecule has 1 aliphatic heterocycles. The molecule has 2 aromatic rings. The third-order valence-corrected chi connectivity index (χ3v) is 5.29. The first-order chi connectivity index (χ1) is 11.6. The van der Waals surface area contributed by atoms with Crippen molar-refractivity contribution in [3.05, 3.63) is 29.0 Å². The number of nitrogens with zero attached hydrogens (tertiary/aromatic N) is 4. The average molecular weight is 345 g/mol. The van der Waals surface area contributed by atoms with E-state index in [0.717, 1.165) is 12.2 Å². The molecular formula is C17H23N5OS. The van der Waals surface area contributed by atoms with Gasteiger partial charge in [0.1, 0.15) is 4.88 Å². The summed E-state index contributed by atoms with van der Waals surface area (Å²) in [4.78, 5) is 28.4. The predicted octanol–water partition coefficient (Wildman–Crippen LogP) is 2.37. The van der Waals surface area contributed by atoms with Crippen LogP contribution in [0.2, 0.25) is 0 Å². The van der Waals surface area contributed by atoms with Gasteiger partial charge in [0.15, 0.2) is 10.8 Å². The van der Waals surface area contributed by atoms with Gasteiger partial charge in [-0.3, -0.25) is 4.79 Å². The molecule has 0 radical (unpaired) electrons.